The minimum atomic E-state index is -3.45. The molecule has 0 aliphatic rings. The first kappa shape index (κ1) is 16.2. The Bertz CT molecular complexity index is 506. The first-order valence-corrected chi connectivity index (χ1v) is 7.93. The van der Waals surface area contributed by atoms with Crippen LogP contribution in [0.2, 0.25) is 0 Å². The highest BCUT2D eigenvalue weighted by Gasteiger charge is 2.25. The van der Waals surface area contributed by atoms with Crippen molar-refractivity contribution in [1.29, 1.82) is 0 Å². The molecular weight excluding hydrogens is 264 g/mol. The predicted octanol–water partition coefficient (Wildman–Crippen LogP) is 1.97. The van der Waals surface area contributed by atoms with Crippen molar-refractivity contribution < 1.29 is 12.8 Å². The van der Waals surface area contributed by atoms with Gasteiger partial charge in [-0.3, -0.25) is 0 Å². The third-order valence-corrected chi connectivity index (χ3v) is 4.95. The van der Waals surface area contributed by atoms with Gasteiger partial charge in [0.25, 0.3) is 0 Å². The monoisotopic (exact) mass is 288 g/mol. The fourth-order valence-corrected chi connectivity index (χ4v) is 3.14. The zero-order valence-electron chi connectivity index (χ0n) is 12.4. The lowest BCUT2D eigenvalue weighted by Crippen LogP contribution is -2.28. The third kappa shape index (κ3) is 4.06. The predicted molar refractivity (Wildman–Crippen MR) is 75.5 cm³/mol. The number of rotatable bonds is 7. The molecule has 0 saturated heterocycles. The molecule has 0 aromatic carbocycles. The van der Waals surface area contributed by atoms with Crippen molar-refractivity contribution in [2.45, 2.75) is 38.6 Å². The Labute approximate surface area is 116 Å². The van der Waals surface area contributed by atoms with Crippen molar-refractivity contribution in [1.82, 2.24) is 9.62 Å². The summed E-state index contributed by atoms with van der Waals surface area (Å²) in [6.45, 7) is 6.88. The van der Waals surface area contributed by atoms with Gasteiger partial charge in [0.05, 0.1) is 6.54 Å². The van der Waals surface area contributed by atoms with Crippen LogP contribution in [0.4, 0.5) is 0 Å². The van der Waals surface area contributed by atoms with Crippen LogP contribution in [0.1, 0.15) is 31.8 Å². The second kappa shape index (κ2) is 6.54. The van der Waals surface area contributed by atoms with E-state index in [0.717, 1.165) is 6.42 Å². The Morgan fingerprint density at radius 3 is 2.58 bits per heavy atom. The summed E-state index contributed by atoms with van der Waals surface area (Å²) in [6.07, 6.45) is 0.843. The van der Waals surface area contributed by atoms with Crippen molar-refractivity contribution in [3.63, 3.8) is 0 Å². The number of hydrogen-bond acceptors (Lipinski definition) is 4. The van der Waals surface area contributed by atoms with Crippen LogP contribution in [-0.4, -0.2) is 33.4 Å². The van der Waals surface area contributed by atoms with Gasteiger partial charge < -0.3 is 9.73 Å². The Morgan fingerprint density at radius 2 is 2.05 bits per heavy atom. The number of nitrogens with zero attached hydrogens (tertiary/aromatic N) is 1. The maximum Gasteiger partial charge on any atom is 0.246 e. The molecule has 0 aliphatic carbocycles. The summed E-state index contributed by atoms with van der Waals surface area (Å²) in [7, 11) is -0.0456. The van der Waals surface area contributed by atoms with Crippen LogP contribution in [0.5, 0.6) is 0 Å². The number of sulfonamides is 1. The highest BCUT2D eigenvalue weighted by atomic mass is 32.2. The van der Waals surface area contributed by atoms with E-state index in [4.69, 9.17) is 4.42 Å². The molecule has 0 atom stereocenters. The van der Waals surface area contributed by atoms with E-state index in [1.165, 1.54) is 4.31 Å². The van der Waals surface area contributed by atoms with Gasteiger partial charge in [0.2, 0.25) is 10.0 Å². The summed E-state index contributed by atoms with van der Waals surface area (Å²) in [6, 6.07) is 1.60. The van der Waals surface area contributed by atoms with Gasteiger partial charge in [-0.05, 0) is 26.3 Å². The van der Waals surface area contributed by atoms with Gasteiger partial charge in [-0.15, -0.1) is 0 Å². The molecule has 1 aromatic heterocycles. The molecule has 1 heterocycles. The molecular formula is C13H24N2O3S. The lowest BCUT2D eigenvalue weighted by molar-refractivity contribution is 0.425. The molecule has 0 bridgehead atoms. The zero-order chi connectivity index (χ0) is 14.6. The van der Waals surface area contributed by atoms with Gasteiger partial charge >= 0.3 is 0 Å². The zero-order valence-corrected chi connectivity index (χ0v) is 13.2. The number of hydrogen-bond donors (Lipinski definition) is 1. The summed E-state index contributed by atoms with van der Waals surface area (Å²) in [5.41, 5.74) is 0. The summed E-state index contributed by atoms with van der Waals surface area (Å²) >= 11 is 0. The average Bonchev–Trinajstić information content (AvgIpc) is 2.68. The van der Waals surface area contributed by atoms with Crippen LogP contribution in [0, 0.1) is 12.8 Å². The highest BCUT2D eigenvalue weighted by molar-refractivity contribution is 7.89. The fraction of sp³-hybridized carbons (Fsp3) is 0.692. The first-order chi connectivity index (χ1) is 8.78. The van der Waals surface area contributed by atoms with Crippen LogP contribution in [-0.2, 0) is 16.6 Å². The fourth-order valence-electron chi connectivity index (χ4n) is 1.77. The van der Waals surface area contributed by atoms with Crippen LogP contribution < -0.4 is 5.32 Å². The van der Waals surface area contributed by atoms with Crippen LogP contribution in [0.25, 0.3) is 0 Å². The Balaban J connectivity index is 2.93. The van der Waals surface area contributed by atoms with E-state index in [0.29, 0.717) is 30.5 Å². The average molecular weight is 288 g/mol. The smallest absolute Gasteiger partial charge is 0.246 e. The normalized spacial score (nSPS) is 12.6. The SMILES string of the molecule is CNCc1cc(S(=O)(=O)N(C)CCC(C)C)c(C)o1. The molecule has 0 fully saturated rings. The molecule has 0 amide bonds. The number of nitrogens with one attached hydrogen (secondary N) is 1. The Hall–Kier alpha value is -0.850. The van der Waals surface area contributed by atoms with E-state index in [-0.39, 0.29) is 4.90 Å². The lowest BCUT2D eigenvalue weighted by Gasteiger charge is -2.17. The topological polar surface area (TPSA) is 62.6 Å². The maximum absolute atomic E-state index is 12.4. The van der Waals surface area contributed by atoms with E-state index in [9.17, 15) is 8.42 Å². The molecule has 0 spiro atoms. The maximum atomic E-state index is 12.4. The highest BCUT2D eigenvalue weighted by Crippen LogP contribution is 2.23. The van der Waals surface area contributed by atoms with E-state index < -0.39 is 10.0 Å². The molecule has 6 heteroatoms. The third-order valence-electron chi connectivity index (χ3n) is 2.98. The second-order valence-electron chi connectivity index (χ2n) is 5.17. The minimum Gasteiger partial charge on any atom is -0.464 e. The quantitative estimate of drug-likeness (QED) is 0.833. The van der Waals surface area contributed by atoms with Crippen molar-refractivity contribution in [3.05, 3.63) is 17.6 Å². The van der Waals surface area contributed by atoms with Gasteiger partial charge in [0, 0.05) is 19.7 Å². The summed E-state index contributed by atoms with van der Waals surface area (Å²) in [5.74, 6) is 1.56. The second-order valence-corrected chi connectivity index (χ2v) is 7.19. The van der Waals surface area contributed by atoms with Gasteiger partial charge in [-0.2, -0.15) is 0 Å². The summed E-state index contributed by atoms with van der Waals surface area (Å²) in [4.78, 5) is 0.268. The Morgan fingerprint density at radius 1 is 1.42 bits per heavy atom. The molecule has 1 N–H and O–H groups in total. The molecule has 0 unspecified atom stereocenters. The molecule has 0 radical (unpaired) electrons. The van der Waals surface area contributed by atoms with Gasteiger partial charge in [-0.1, -0.05) is 13.8 Å². The Kier molecular flexibility index (Phi) is 5.58. The van der Waals surface area contributed by atoms with Gasteiger partial charge in [0.15, 0.2) is 0 Å². The van der Waals surface area contributed by atoms with E-state index >= 15 is 0 Å². The largest absolute Gasteiger partial charge is 0.464 e. The summed E-state index contributed by atoms with van der Waals surface area (Å²) in [5, 5.41) is 2.94. The van der Waals surface area contributed by atoms with Crippen molar-refractivity contribution in [2.24, 2.45) is 5.92 Å². The number of aryl methyl sites for hydroxylation is 1. The van der Waals surface area contributed by atoms with Crippen LogP contribution in [0.3, 0.4) is 0 Å². The molecule has 5 nitrogen and oxygen atoms in total. The first-order valence-electron chi connectivity index (χ1n) is 6.49. The molecule has 19 heavy (non-hydrogen) atoms. The van der Waals surface area contributed by atoms with E-state index in [1.54, 1.807) is 27.1 Å². The van der Waals surface area contributed by atoms with E-state index in [2.05, 4.69) is 19.2 Å². The molecule has 1 aromatic rings. The molecule has 110 valence electrons. The van der Waals surface area contributed by atoms with Crippen LogP contribution >= 0.6 is 0 Å². The molecule has 0 aliphatic heterocycles. The summed E-state index contributed by atoms with van der Waals surface area (Å²) < 4.78 is 31.7. The minimum absolute atomic E-state index is 0.268. The number of furan rings is 1. The van der Waals surface area contributed by atoms with Gasteiger partial charge in [0.1, 0.15) is 16.4 Å². The van der Waals surface area contributed by atoms with Gasteiger partial charge in [-0.25, -0.2) is 12.7 Å². The molecule has 0 saturated carbocycles. The van der Waals surface area contributed by atoms with Crippen molar-refractivity contribution in [2.75, 3.05) is 20.6 Å². The molecule has 1 rings (SSSR count). The lowest BCUT2D eigenvalue weighted by atomic mass is 10.1. The van der Waals surface area contributed by atoms with Crippen molar-refractivity contribution in [3.8, 4) is 0 Å². The standard InChI is InChI=1S/C13H24N2O3S/c1-10(2)6-7-15(5)19(16,17)13-8-12(9-14-4)18-11(13)3/h8,10,14H,6-7,9H2,1-5H3. The van der Waals surface area contributed by atoms with Crippen LogP contribution in [0.15, 0.2) is 15.4 Å². The van der Waals surface area contributed by atoms with E-state index in [1.807, 2.05) is 0 Å². The van der Waals surface area contributed by atoms with Crippen molar-refractivity contribution >= 4 is 10.0 Å².